The van der Waals surface area contributed by atoms with E-state index in [9.17, 15) is 23.1 Å². The molecule has 0 aromatic carbocycles. The molecule has 0 aliphatic carbocycles. The van der Waals surface area contributed by atoms with Crippen molar-refractivity contribution in [1.82, 2.24) is 9.88 Å². The fraction of sp³-hybridized carbons (Fsp3) is 0.400. The van der Waals surface area contributed by atoms with Crippen molar-refractivity contribution in [2.45, 2.75) is 31.7 Å². The summed E-state index contributed by atoms with van der Waals surface area (Å²) in [6, 6.07) is 5.92. The van der Waals surface area contributed by atoms with E-state index in [1.807, 2.05) is 0 Å². The summed E-state index contributed by atoms with van der Waals surface area (Å²) in [5.74, 6) is -1.38. The number of nitrogens with one attached hydrogen (secondary N) is 1. The maximum absolute atomic E-state index is 13.2. The predicted octanol–water partition coefficient (Wildman–Crippen LogP) is 2.35. The lowest BCUT2D eigenvalue weighted by Gasteiger charge is -2.28. The largest absolute Gasteiger partial charge is 0.463 e. The van der Waals surface area contributed by atoms with Gasteiger partial charge in [0.15, 0.2) is 0 Å². The number of aliphatic hydroxyl groups is 1. The smallest absolute Gasteiger partial charge is 0.425 e. The van der Waals surface area contributed by atoms with Gasteiger partial charge in [0.05, 0.1) is 6.42 Å². The summed E-state index contributed by atoms with van der Waals surface area (Å²) in [5.41, 5.74) is -3.35. The Labute approximate surface area is 130 Å². The minimum Gasteiger partial charge on any atom is -0.463 e. The van der Waals surface area contributed by atoms with Gasteiger partial charge in [-0.15, -0.1) is 0 Å². The van der Waals surface area contributed by atoms with Gasteiger partial charge >= 0.3 is 6.18 Å². The predicted molar refractivity (Wildman–Crippen MR) is 75.5 cm³/mol. The van der Waals surface area contributed by atoms with E-state index in [0.717, 1.165) is 6.07 Å². The van der Waals surface area contributed by atoms with Crippen molar-refractivity contribution in [3.05, 3.63) is 48.2 Å². The van der Waals surface area contributed by atoms with Crippen LogP contribution in [0.15, 0.2) is 41.1 Å². The molecule has 2 rings (SSSR count). The van der Waals surface area contributed by atoms with Crippen LogP contribution in [0.4, 0.5) is 13.2 Å². The number of carbonyl (C=O) groups excluding carboxylic acids is 1. The van der Waals surface area contributed by atoms with E-state index in [1.165, 1.54) is 13.0 Å². The molecule has 0 saturated carbocycles. The molecular formula is C15H17F3N2O3. The van der Waals surface area contributed by atoms with Crippen LogP contribution in [0.2, 0.25) is 0 Å². The summed E-state index contributed by atoms with van der Waals surface area (Å²) in [6.45, 7) is 2.03. The summed E-state index contributed by atoms with van der Waals surface area (Å²) < 4.78 is 46.3. The van der Waals surface area contributed by atoms with Crippen LogP contribution in [0.3, 0.4) is 0 Å². The van der Waals surface area contributed by atoms with Gasteiger partial charge < -0.3 is 19.4 Å². The minimum absolute atomic E-state index is 0.151. The SMILES string of the molecule is Cc1ccc(C(O)(CC(=O)NCCn2cccc2)C(F)(F)F)o1. The van der Waals surface area contributed by atoms with Gasteiger partial charge in [-0.2, -0.15) is 13.2 Å². The van der Waals surface area contributed by atoms with Crippen LogP contribution in [0, 0.1) is 6.92 Å². The van der Waals surface area contributed by atoms with E-state index in [4.69, 9.17) is 4.42 Å². The van der Waals surface area contributed by atoms with Crippen LogP contribution in [-0.2, 0) is 16.9 Å². The third-order valence-electron chi connectivity index (χ3n) is 3.39. The van der Waals surface area contributed by atoms with Gasteiger partial charge in [-0.1, -0.05) is 0 Å². The molecule has 0 fully saturated rings. The highest BCUT2D eigenvalue weighted by atomic mass is 19.4. The van der Waals surface area contributed by atoms with Crippen molar-refractivity contribution in [1.29, 1.82) is 0 Å². The number of rotatable bonds is 6. The second-order valence-electron chi connectivity index (χ2n) is 5.22. The van der Waals surface area contributed by atoms with Crippen LogP contribution in [0.25, 0.3) is 0 Å². The van der Waals surface area contributed by atoms with Crippen LogP contribution >= 0.6 is 0 Å². The zero-order valence-corrected chi connectivity index (χ0v) is 12.4. The van der Waals surface area contributed by atoms with Crippen LogP contribution in [0.5, 0.6) is 0 Å². The number of hydrogen-bond donors (Lipinski definition) is 2. The zero-order valence-electron chi connectivity index (χ0n) is 12.4. The average Bonchev–Trinajstić information content (AvgIpc) is 3.09. The molecule has 1 unspecified atom stereocenters. The number of aromatic nitrogens is 1. The first-order valence-corrected chi connectivity index (χ1v) is 6.96. The Hall–Kier alpha value is -2.22. The molecule has 2 aromatic rings. The van der Waals surface area contributed by atoms with E-state index < -0.39 is 29.9 Å². The number of amides is 1. The number of furan rings is 1. The van der Waals surface area contributed by atoms with E-state index in [1.54, 1.807) is 29.1 Å². The standard InChI is InChI=1S/C15H17F3N2O3/c1-11-4-5-12(23-11)14(22,15(16,17)18)10-13(21)19-6-9-20-7-2-3-8-20/h2-5,7-8,22H,6,9-10H2,1H3,(H,19,21). The normalized spacial score (nSPS) is 14.5. The van der Waals surface area contributed by atoms with E-state index in [0.29, 0.717) is 6.54 Å². The summed E-state index contributed by atoms with van der Waals surface area (Å²) in [4.78, 5) is 11.8. The van der Waals surface area contributed by atoms with Gasteiger partial charge in [0, 0.05) is 25.5 Å². The van der Waals surface area contributed by atoms with E-state index in [-0.39, 0.29) is 12.3 Å². The molecule has 8 heteroatoms. The number of alkyl halides is 3. The zero-order chi connectivity index (χ0) is 17.1. The fourth-order valence-corrected chi connectivity index (χ4v) is 2.12. The molecule has 1 amide bonds. The van der Waals surface area contributed by atoms with Crippen LogP contribution in [0.1, 0.15) is 17.9 Å². The van der Waals surface area contributed by atoms with Crippen LogP contribution < -0.4 is 5.32 Å². The van der Waals surface area contributed by atoms with Crippen molar-refractivity contribution in [2.75, 3.05) is 6.54 Å². The number of aryl methyl sites for hydroxylation is 1. The molecule has 1 atom stereocenters. The quantitative estimate of drug-likeness (QED) is 0.854. The van der Waals surface area contributed by atoms with Gasteiger partial charge in [-0.25, -0.2) is 0 Å². The molecule has 0 spiro atoms. The minimum atomic E-state index is -5.03. The van der Waals surface area contributed by atoms with Gasteiger partial charge in [0.1, 0.15) is 11.5 Å². The second kappa shape index (κ2) is 6.49. The lowest BCUT2D eigenvalue weighted by molar-refractivity contribution is -0.273. The number of nitrogens with zero attached hydrogens (tertiary/aromatic N) is 1. The Morgan fingerprint density at radius 3 is 2.48 bits per heavy atom. The first-order chi connectivity index (χ1) is 10.7. The maximum Gasteiger partial charge on any atom is 0.425 e. The monoisotopic (exact) mass is 330 g/mol. The Balaban J connectivity index is 2.01. The molecule has 0 radical (unpaired) electrons. The molecule has 23 heavy (non-hydrogen) atoms. The Kier molecular flexibility index (Phi) is 4.84. The van der Waals surface area contributed by atoms with E-state index >= 15 is 0 Å². The number of halogens is 3. The molecule has 0 aliphatic rings. The second-order valence-corrected chi connectivity index (χ2v) is 5.22. The number of hydrogen-bond acceptors (Lipinski definition) is 3. The molecule has 0 saturated heterocycles. The molecule has 2 N–H and O–H groups in total. The molecule has 126 valence electrons. The van der Waals surface area contributed by atoms with Crippen molar-refractivity contribution >= 4 is 5.91 Å². The van der Waals surface area contributed by atoms with Gasteiger partial charge in [-0.05, 0) is 31.2 Å². The topological polar surface area (TPSA) is 67.4 Å². The average molecular weight is 330 g/mol. The molecular weight excluding hydrogens is 313 g/mol. The lowest BCUT2D eigenvalue weighted by atomic mass is 9.95. The summed E-state index contributed by atoms with van der Waals surface area (Å²) in [7, 11) is 0. The van der Waals surface area contributed by atoms with Crippen molar-refractivity contribution in [3.8, 4) is 0 Å². The number of carbonyl (C=O) groups is 1. The van der Waals surface area contributed by atoms with Crippen molar-refractivity contribution in [3.63, 3.8) is 0 Å². The first kappa shape index (κ1) is 17.1. The molecule has 2 aromatic heterocycles. The van der Waals surface area contributed by atoms with E-state index in [2.05, 4.69) is 5.32 Å². The summed E-state index contributed by atoms with van der Waals surface area (Å²) >= 11 is 0. The summed E-state index contributed by atoms with van der Waals surface area (Å²) in [5, 5.41) is 12.4. The summed E-state index contributed by atoms with van der Waals surface area (Å²) in [6.07, 6.45) is -2.65. The van der Waals surface area contributed by atoms with Crippen molar-refractivity contribution < 1.29 is 27.5 Å². The van der Waals surface area contributed by atoms with Crippen molar-refractivity contribution in [2.24, 2.45) is 0 Å². The molecule has 2 heterocycles. The third kappa shape index (κ3) is 3.95. The molecule has 0 aliphatic heterocycles. The fourth-order valence-electron chi connectivity index (χ4n) is 2.12. The van der Waals surface area contributed by atoms with Crippen LogP contribution in [-0.4, -0.2) is 28.3 Å². The third-order valence-corrected chi connectivity index (χ3v) is 3.39. The molecule has 5 nitrogen and oxygen atoms in total. The highest BCUT2D eigenvalue weighted by molar-refractivity contribution is 5.77. The highest BCUT2D eigenvalue weighted by Gasteiger charge is 2.58. The molecule has 0 bridgehead atoms. The van der Waals surface area contributed by atoms with Gasteiger partial charge in [0.2, 0.25) is 11.5 Å². The van der Waals surface area contributed by atoms with Gasteiger partial charge in [0.25, 0.3) is 0 Å². The lowest BCUT2D eigenvalue weighted by Crippen LogP contribution is -2.46. The Bertz CT molecular complexity index is 649. The Morgan fingerprint density at radius 2 is 1.96 bits per heavy atom. The van der Waals surface area contributed by atoms with Gasteiger partial charge in [-0.3, -0.25) is 4.79 Å². The highest BCUT2D eigenvalue weighted by Crippen LogP contribution is 2.42. The maximum atomic E-state index is 13.2. The first-order valence-electron chi connectivity index (χ1n) is 6.96. The Morgan fingerprint density at radius 1 is 1.30 bits per heavy atom.